The number of hydrogen-bond donors (Lipinski definition) is 1. The number of benzene rings is 2. The summed E-state index contributed by atoms with van der Waals surface area (Å²) in [5.41, 5.74) is 0. The van der Waals surface area contributed by atoms with Crippen LogP contribution in [-0.4, -0.2) is 50.4 Å². The van der Waals surface area contributed by atoms with Crippen LogP contribution in [0.3, 0.4) is 0 Å². The van der Waals surface area contributed by atoms with Crippen LogP contribution in [0.25, 0.3) is 0 Å². The minimum Gasteiger partial charge on any atom is -0.462 e. The van der Waals surface area contributed by atoms with Crippen LogP contribution < -0.4 is 10.4 Å². The van der Waals surface area contributed by atoms with Crippen molar-refractivity contribution in [3.8, 4) is 0 Å². The number of esters is 1. The largest absolute Gasteiger partial charge is 0.462 e. The standard InChI is InChI=1S/C30H42O5Si/c1-6-13-24(32)20-26-22-27(34-23(2)31)21-25(35-26)18-19-33-36(30(3,4)5,28-14-9-7-10-15-28)29-16-11-8-12-17-29/h6-12,14-17,24-27,32H,1,13,18-22H2,2-5H3/t24-,25+,26+,27-/m0/s1. The van der Waals surface area contributed by atoms with Gasteiger partial charge in [0.15, 0.2) is 0 Å². The predicted octanol–water partition coefficient (Wildman–Crippen LogP) is 4.76. The van der Waals surface area contributed by atoms with E-state index in [4.69, 9.17) is 13.9 Å². The summed E-state index contributed by atoms with van der Waals surface area (Å²) in [6.45, 7) is 12.5. The topological polar surface area (TPSA) is 65.0 Å². The molecule has 1 aliphatic rings. The fourth-order valence-electron chi connectivity index (χ4n) is 5.43. The molecule has 1 fully saturated rings. The molecule has 6 heteroatoms. The van der Waals surface area contributed by atoms with Crippen molar-refractivity contribution in [2.45, 2.75) is 89.3 Å². The van der Waals surface area contributed by atoms with E-state index >= 15 is 0 Å². The van der Waals surface area contributed by atoms with Crippen LogP contribution in [0, 0.1) is 0 Å². The monoisotopic (exact) mass is 510 g/mol. The fourth-order valence-corrected chi connectivity index (χ4v) is 10.0. The van der Waals surface area contributed by atoms with E-state index in [1.165, 1.54) is 17.3 Å². The molecule has 0 bridgehead atoms. The van der Waals surface area contributed by atoms with Crippen LogP contribution in [0.15, 0.2) is 73.3 Å². The molecule has 0 amide bonds. The molecule has 0 aliphatic carbocycles. The minimum absolute atomic E-state index is 0.0965. The molecule has 2 aromatic carbocycles. The van der Waals surface area contributed by atoms with Gasteiger partial charge >= 0.3 is 5.97 Å². The summed E-state index contributed by atoms with van der Waals surface area (Å²) in [5, 5.41) is 12.7. The molecule has 1 aliphatic heterocycles. The lowest BCUT2D eigenvalue weighted by molar-refractivity contribution is -0.162. The first-order chi connectivity index (χ1) is 17.2. The second kappa shape index (κ2) is 12.8. The maximum Gasteiger partial charge on any atom is 0.302 e. The van der Waals surface area contributed by atoms with E-state index < -0.39 is 14.4 Å². The van der Waals surface area contributed by atoms with Crippen LogP contribution in [0.4, 0.5) is 0 Å². The van der Waals surface area contributed by atoms with Gasteiger partial charge in [-0.1, -0.05) is 87.5 Å². The fraction of sp³-hybridized carbons (Fsp3) is 0.500. The van der Waals surface area contributed by atoms with Gasteiger partial charge in [0.1, 0.15) is 6.10 Å². The van der Waals surface area contributed by atoms with Gasteiger partial charge < -0.3 is 19.0 Å². The predicted molar refractivity (Wildman–Crippen MR) is 147 cm³/mol. The second-order valence-electron chi connectivity index (χ2n) is 10.8. The van der Waals surface area contributed by atoms with Crippen molar-refractivity contribution in [1.29, 1.82) is 0 Å². The van der Waals surface area contributed by atoms with Crippen molar-refractivity contribution in [1.82, 2.24) is 0 Å². The Labute approximate surface area is 217 Å². The third-order valence-corrected chi connectivity index (χ3v) is 12.0. The molecular formula is C30H42O5Si. The zero-order valence-corrected chi connectivity index (χ0v) is 23.2. The van der Waals surface area contributed by atoms with Crippen molar-refractivity contribution in [2.24, 2.45) is 0 Å². The summed E-state index contributed by atoms with van der Waals surface area (Å²) in [5.74, 6) is -0.283. The first-order valence-corrected chi connectivity index (χ1v) is 14.9. The molecule has 0 spiro atoms. The third-order valence-electron chi connectivity index (χ3n) is 6.92. The highest BCUT2D eigenvalue weighted by Gasteiger charge is 2.50. The van der Waals surface area contributed by atoms with Crippen molar-refractivity contribution < 1.29 is 23.8 Å². The number of carbonyl (C=O) groups is 1. The molecule has 0 unspecified atom stereocenters. The van der Waals surface area contributed by atoms with E-state index in [0.29, 0.717) is 38.7 Å². The third kappa shape index (κ3) is 7.16. The van der Waals surface area contributed by atoms with Gasteiger partial charge in [-0.05, 0) is 34.7 Å². The molecule has 36 heavy (non-hydrogen) atoms. The van der Waals surface area contributed by atoms with E-state index in [0.717, 1.165) is 0 Å². The number of aliphatic hydroxyl groups is 1. The van der Waals surface area contributed by atoms with E-state index in [1.807, 2.05) is 12.1 Å². The number of carbonyl (C=O) groups excluding carboxylic acids is 1. The van der Waals surface area contributed by atoms with Gasteiger partial charge in [-0.25, -0.2) is 0 Å². The first-order valence-electron chi connectivity index (χ1n) is 13.0. The molecule has 4 atom stereocenters. The smallest absolute Gasteiger partial charge is 0.302 e. The molecule has 1 saturated heterocycles. The average molecular weight is 511 g/mol. The Morgan fingerprint density at radius 2 is 1.64 bits per heavy atom. The highest BCUT2D eigenvalue weighted by molar-refractivity contribution is 6.99. The highest BCUT2D eigenvalue weighted by Crippen LogP contribution is 2.37. The van der Waals surface area contributed by atoms with Crippen molar-refractivity contribution in [3.63, 3.8) is 0 Å². The van der Waals surface area contributed by atoms with Gasteiger partial charge in [0.2, 0.25) is 0 Å². The normalized spacial score (nSPS) is 21.5. The summed E-state index contributed by atoms with van der Waals surface area (Å²) in [4.78, 5) is 11.7. The zero-order valence-electron chi connectivity index (χ0n) is 22.2. The Kier molecular flexibility index (Phi) is 10.1. The van der Waals surface area contributed by atoms with Crippen LogP contribution in [-0.2, 0) is 18.7 Å². The minimum atomic E-state index is -2.62. The first kappa shape index (κ1) is 28.3. The number of aliphatic hydroxyl groups excluding tert-OH is 1. The molecule has 1 N–H and O–H groups in total. The summed E-state index contributed by atoms with van der Waals surface area (Å²) < 4.78 is 19.0. The maximum absolute atomic E-state index is 11.7. The van der Waals surface area contributed by atoms with Crippen molar-refractivity contribution in [3.05, 3.63) is 73.3 Å². The summed E-state index contributed by atoms with van der Waals surface area (Å²) in [6, 6.07) is 21.2. The lowest BCUT2D eigenvalue weighted by Crippen LogP contribution is -2.66. The highest BCUT2D eigenvalue weighted by atomic mass is 28.4. The van der Waals surface area contributed by atoms with Crippen molar-refractivity contribution >= 4 is 24.7 Å². The Bertz CT molecular complexity index is 917. The van der Waals surface area contributed by atoms with Crippen LogP contribution in [0.2, 0.25) is 5.04 Å². The van der Waals surface area contributed by atoms with Gasteiger partial charge in [-0.3, -0.25) is 4.79 Å². The van der Waals surface area contributed by atoms with Crippen LogP contribution in [0.1, 0.15) is 59.8 Å². The molecule has 196 valence electrons. The van der Waals surface area contributed by atoms with Crippen LogP contribution >= 0.6 is 0 Å². The van der Waals surface area contributed by atoms with Gasteiger partial charge in [0, 0.05) is 26.4 Å². The molecule has 2 aromatic rings. The summed E-state index contributed by atoms with van der Waals surface area (Å²) >= 11 is 0. The quantitative estimate of drug-likeness (QED) is 0.268. The SMILES string of the molecule is C=CC[C@H](O)C[C@@H]1C[C@@H](OC(C)=O)C[C@@H](CCO[Si](c2ccccc2)(c2ccccc2)C(C)(C)C)O1. The van der Waals surface area contributed by atoms with Gasteiger partial charge in [0.25, 0.3) is 8.32 Å². The number of ether oxygens (including phenoxy) is 2. The van der Waals surface area contributed by atoms with Crippen LogP contribution in [0.5, 0.6) is 0 Å². The van der Waals surface area contributed by atoms with E-state index in [1.54, 1.807) is 6.08 Å². The lowest BCUT2D eigenvalue weighted by Gasteiger charge is -2.43. The van der Waals surface area contributed by atoms with Gasteiger partial charge in [-0.2, -0.15) is 0 Å². The Balaban J connectivity index is 1.80. The molecule has 5 nitrogen and oxygen atoms in total. The van der Waals surface area contributed by atoms with Crippen molar-refractivity contribution in [2.75, 3.05) is 6.61 Å². The molecular weight excluding hydrogens is 468 g/mol. The lowest BCUT2D eigenvalue weighted by atomic mass is 9.95. The summed E-state index contributed by atoms with van der Waals surface area (Å²) in [6.07, 6.45) is 3.64. The van der Waals surface area contributed by atoms with E-state index in [2.05, 4.69) is 75.9 Å². The van der Waals surface area contributed by atoms with Gasteiger partial charge in [0.05, 0.1) is 18.3 Å². The van der Waals surface area contributed by atoms with E-state index in [9.17, 15) is 9.90 Å². The zero-order chi connectivity index (χ0) is 26.2. The Hall–Kier alpha value is -2.25. The van der Waals surface area contributed by atoms with E-state index in [-0.39, 0.29) is 29.3 Å². The number of hydrogen-bond acceptors (Lipinski definition) is 5. The molecule has 1 heterocycles. The molecule has 3 rings (SSSR count). The molecule has 0 aromatic heterocycles. The number of rotatable bonds is 11. The Morgan fingerprint density at radius 1 is 1.08 bits per heavy atom. The Morgan fingerprint density at radius 3 is 2.14 bits per heavy atom. The maximum atomic E-state index is 11.7. The second-order valence-corrected chi connectivity index (χ2v) is 15.1. The average Bonchev–Trinajstić information content (AvgIpc) is 2.82. The summed E-state index contributed by atoms with van der Waals surface area (Å²) in [7, 11) is -2.62. The van der Waals surface area contributed by atoms with Gasteiger partial charge in [-0.15, -0.1) is 6.58 Å². The molecule has 0 saturated carbocycles. The molecule has 0 radical (unpaired) electrons.